The van der Waals surface area contributed by atoms with Crippen molar-refractivity contribution in [3.8, 4) is 11.5 Å². The molecular weight excluding hydrogens is 424 g/mol. The van der Waals surface area contributed by atoms with Gasteiger partial charge in [-0.1, -0.05) is 18.2 Å². The first-order valence-electron chi connectivity index (χ1n) is 10.0. The summed E-state index contributed by atoms with van der Waals surface area (Å²) >= 11 is 0. The molecule has 0 saturated carbocycles. The summed E-state index contributed by atoms with van der Waals surface area (Å²) in [5.41, 5.74) is 0.148. The molecule has 0 aliphatic carbocycles. The zero-order chi connectivity index (χ0) is 23.0. The Morgan fingerprint density at radius 2 is 1.78 bits per heavy atom. The van der Waals surface area contributed by atoms with Gasteiger partial charge in [0.05, 0.1) is 19.1 Å². The zero-order valence-electron chi connectivity index (χ0n) is 17.2. The summed E-state index contributed by atoms with van der Waals surface area (Å²) in [6, 6.07) is 8.45. The van der Waals surface area contributed by atoms with Gasteiger partial charge in [-0.2, -0.15) is 0 Å². The van der Waals surface area contributed by atoms with Crippen LogP contribution in [0.25, 0.3) is 21.7 Å². The molecule has 3 aromatic rings. The normalized spacial score (nSPS) is 25.9. The zero-order valence-corrected chi connectivity index (χ0v) is 17.2. The lowest BCUT2D eigenvalue weighted by Gasteiger charge is -2.39. The maximum absolute atomic E-state index is 12.8. The number of ether oxygens (including phenoxy) is 3. The molecule has 2 aromatic carbocycles. The van der Waals surface area contributed by atoms with Gasteiger partial charge in [0.25, 0.3) is 0 Å². The Morgan fingerprint density at radius 3 is 2.47 bits per heavy atom. The molecule has 0 unspecified atom stereocenters. The lowest BCUT2D eigenvalue weighted by Crippen LogP contribution is -2.60. The fraction of sp³-hybridized carbons (Fsp3) is 0.409. The van der Waals surface area contributed by atoms with Gasteiger partial charge >= 0.3 is 5.63 Å². The molecule has 1 aromatic heterocycles. The van der Waals surface area contributed by atoms with Crippen molar-refractivity contribution in [2.24, 2.45) is 0 Å². The SMILES string of the molecule is COc1c(O[C@@H]2O[C@H](CO)[C@@H](O)[C@H](O)[C@H]2O)ccc2c1oc(=O)c1c(CCO)cccc12. The Labute approximate surface area is 181 Å². The molecule has 1 aliphatic heterocycles. The van der Waals surface area contributed by atoms with Crippen LogP contribution in [0.2, 0.25) is 0 Å². The topological polar surface area (TPSA) is 159 Å². The summed E-state index contributed by atoms with van der Waals surface area (Å²) in [5.74, 6) is 0.115. The second kappa shape index (κ2) is 9.02. The van der Waals surface area contributed by atoms with Gasteiger partial charge in [-0.25, -0.2) is 4.79 Å². The van der Waals surface area contributed by atoms with Crippen molar-refractivity contribution in [3.63, 3.8) is 0 Å². The standard InChI is InChI=1S/C22H24O10/c1-29-20-13(30-22-18(27)17(26)16(25)14(9-24)31-22)6-5-12-11-4-2-3-10(7-8-23)15(11)21(28)32-19(12)20/h2-6,14,16-18,22-27H,7-9H2,1H3/t14-,16-,17+,18-,22-/m1/s1. The summed E-state index contributed by atoms with van der Waals surface area (Å²) < 4.78 is 22.0. The van der Waals surface area contributed by atoms with Crippen LogP contribution in [0.1, 0.15) is 5.56 Å². The minimum absolute atomic E-state index is 0.0540. The van der Waals surface area contributed by atoms with Crippen molar-refractivity contribution in [2.75, 3.05) is 20.3 Å². The first-order chi connectivity index (χ1) is 15.4. The predicted octanol–water partition coefficient (Wildman–Crippen LogP) is -0.332. The fourth-order valence-corrected chi connectivity index (χ4v) is 3.97. The third-order valence-corrected chi connectivity index (χ3v) is 5.59. The third-order valence-electron chi connectivity index (χ3n) is 5.59. The van der Waals surface area contributed by atoms with Gasteiger partial charge < -0.3 is 44.2 Å². The van der Waals surface area contributed by atoms with Gasteiger partial charge in [-0.05, 0) is 24.1 Å². The summed E-state index contributed by atoms with van der Waals surface area (Å²) in [7, 11) is 1.35. The molecule has 1 aliphatic rings. The van der Waals surface area contributed by atoms with E-state index in [4.69, 9.17) is 18.6 Å². The van der Waals surface area contributed by atoms with E-state index in [-0.39, 0.29) is 23.7 Å². The van der Waals surface area contributed by atoms with E-state index < -0.39 is 42.9 Å². The van der Waals surface area contributed by atoms with Gasteiger partial charge in [-0.3, -0.25) is 0 Å². The Morgan fingerprint density at radius 1 is 1.00 bits per heavy atom. The van der Waals surface area contributed by atoms with Gasteiger partial charge in [0.2, 0.25) is 12.0 Å². The highest BCUT2D eigenvalue weighted by Crippen LogP contribution is 2.39. The van der Waals surface area contributed by atoms with E-state index in [1.807, 2.05) is 0 Å². The van der Waals surface area contributed by atoms with E-state index in [0.717, 1.165) is 0 Å². The lowest BCUT2D eigenvalue weighted by atomic mass is 9.99. The lowest BCUT2D eigenvalue weighted by molar-refractivity contribution is -0.277. The molecule has 32 heavy (non-hydrogen) atoms. The molecule has 0 radical (unpaired) electrons. The average molecular weight is 448 g/mol. The minimum atomic E-state index is -1.61. The molecule has 2 heterocycles. The van der Waals surface area contributed by atoms with Crippen LogP contribution in [-0.2, 0) is 11.2 Å². The number of benzene rings is 2. The molecule has 172 valence electrons. The van der Waals surface area contributed by atoms with Crippen molar-refractivity contribution in [1.82, 2.24) is 0 Å². The third kappa shape index (κ3) is 3.71. The molecule has 5 atom stereocenters. The van der Waals surface area contributed by atoms with Crippen molar-refractivity contribution in [3.05, 3.63) is 46.3 Å². The van der Waals surface area contributed by atoms with E-state index in [2.05, 4.69) is 0 Å². The summed E-state index contributed by atoms with van der Waals surface area (Å²) in [6.07, 6.45) is -7.02. The molecule has 1 fully saturated rings. The number of hydrogen-bond donors (Lipinski definition) is 5. The molecule has 0 spiro atoms. The molecule has 10 nitrogen and oxygen atoms in total. The van der Waals surface area contributed by atoms with E-state index in [1.165, 1.54) is 13.2 Å². The Kier molecular flexibility index (Phi) is 6.33. The maximum atomic E-state index is 12.8. The molecule has 0 bridgehead atoms. The van der Waals surface area contributed by atoms with Crippen LogP contribution in [0.5, 0.6) is 11.5 Å². The molecule has 10 heteroatoms. The number of aliphatic hydroxyl groups excluding tert-OH is 5. The predicted molar refractivity (Wildman–Crippen MR) is 112 cm³/mol. The smallest absolute Gasteiger partial charge is 0.344 e. The Bertz CT molecular complexity index is 1170. The average Bonchev–Trinajstić information content (AvgIpc) is 2.79. The first kappa shape index (κ1) is 22.5. The van der Waals surface area contributed by atoms with Crippen LogP contribution in [0.15, 0.2) is 39.5 Å². The highest BCUT2D eigenvalue weighted by Gasteiger charge is 2.45. The van der Waals surface area contributed by atoms with Crippen molar-refractivity contribution < 1.29 is 44.2 Å². The highest BCUT2D eigenvalue weighted by atomic mass is 16.7. The Hall–Kier alpha value is -2.73. The van der Waals surface area contributed by atoms with Gasteiger partial charge in [-0.15, -0.1) is 0 Å². The number of fused-ring (bicyclic) bond motifs is 3. The number of aliphatic hydroxyl groups is 5. The summed E-state index contributed by atoms with van der Waals surface area (Å²) in [5, 5.41) is 50.4. The maximum Gasteiger partial charge on any atom is 0.344 e. The minimum Gasteiger partial charge on any atom is -0.490 e. The van der Waals surface area contributed by atoms with Crippen LogP contribution in [0, 0.1) is 0 Å². The highest BCUT2D eigenvalue weighted by molar-refractivity contribution is 6.07. The van der Waals surface area contributed by atoms with Crippen LogP contribution in [0.3, 0.4) is 0 Å². The quantitative estimate of drug-likeness (QED) is 0.250. The van der Waals surface area contributed by atoms with Gasteiger partial charge in [0, 0.05) is 17.4 Å². The molecule has 1 saturated heterocycles. The van der Waals surface area contributed by atoms with Crippen molar-refractivity contribution >= 4 is 21.7 Å². The molecular formula is C22H24O10. The van der Waals surface area contributed by atoms with E-state index in [0.29, 0.717) is 28.1 Å². The Balaban J connectivity index is 1.80. The van der Waals surface area contributed by atoms with Crippen LogP contribution in [0.4, 0.5) is 0 Å². The molecule has 4 rings (SSSR count). The van der Waals surface area contributed by atoms with Gasteiger partial charge in [0.15, 0.2) is 11.3 Å². The number of hydrogen-bond acceptors (Lipinski definition) is 10. The van der Waals surface area contributed by atoms with Crippen molar-refractivity contribution in [1.29, 1.82) is 0 Å². The fourth-order valence-electron chi connectivity index (χ4n) is 3.97. The van der Waals surface area contributed by atoms with Crippen LogP contribution >= 0.6 is 0 Å². The summed E-state index contributed by atoms with van der Waals surface area (Å²) in [6.45, 7) is -0.720. The largest absolute Gasteiger partial charge is 0.490 e. The second-order valence-electron chi connectivity index (χ2n) is 7.49. The van der Waals surface area contributed by atoms with E-state index in [1.54, 1.807) is 24.3 Å². The monoisotopic (exact) mass is 448 g/mol. The van der Waals surface area contributed by atoms with E-state index >= 15 is 0 Å². The second-order valence-corrected chi connectivity index (χ2v) is 7.49. The molecule has 5 N–H and O–H groups in total. The number of methoxy groups -OCH3 is 1. The number of rotatable bonds is 6. The van der Waals surface area contributed by atoms with Gasteiger partial charge in [0.1, 0.15) is 24.4 Å². The molecule has 0 amide bonds. The first-order valence-corrected chi connectivity index (χ1v) is 10.0. The van der Waals surface area contributed by atoms with Crippen LogP contribution in [-0.4, -0.2) is 76.6 Å². The summed E-state index contributed by atoms with van der Waals surface area (Å²) in [4.78, 5) is 12.8. The van der Waals surface area contributed by atoms with Crippen molar-refractivity contribution in [2.45, 2.75) is 37.1 Å². The van der Waals surface area contributed by atoms with E-state index in [9.17, 15) is 30.3 Å². The van der Waals surface area contributed by atoms with Crippen LogP contribution < -0.4 is 15.1 Å².